The molecule has 1 aromatic carbocycles. The second-order valence-electron chi connectivity index (χ2n) is 4.64. The molecule has 14 heavy (non-hydrogen) atoms. The molecule has 0 fully saturated rings. The zero-order chi connectivity index (χ0) is 9.97. The zero-order valence-corrected chi connectivity index (χ0v) is 9.09. The second kappa shape index (κ2) is 4.04. The van der Waals surface area contributed by atoms with Crippen LogP contribution in [0.25, 0.3) is 0 Å². The van der Waals surface area contributed by atoms with Gasteiger partial charge in [0.25, 0.3) is 0 Å². The van der Waals surface area contributed by atoms with Crippen LogP contribution in [0.4, 0.5) is 5.69 Å². The summed E-state index contributed by atoms with van der Waals surface area (Å²) in [7, 11) is 0. The Bertz CT molecular complexity index is 304. The number of hydrogen-bond acceptors (Lipinski definition) is 1. The molecule has 2 rings (SSSR count). The first kappa shape index (κ1) is 9.57. The molecule has 0 radical (unpaired) electrons. The van der Waals surface area contributed by atoms with Gasteiger partial charge < -0.3 is 5.32 Å². The molecule has 1 N–H and O–H groups in total. The minimum Gasteiger partial charge on any atom is -0.384 e. The van der Waals surface area contributed by atoms with Gasteiger partial charge in [0, 0.05) is 18.2 Å². The second-order valence-corrected chi connectivity index (χ2v) is 4.64. The van der Waals surface area contributed by atoms with Gasteiger partial charge in [-0.05, 0) is 24.0 Å². The molecular formula is C13H19N. The van der Waals surface area contributed by atoms with Gasteiger partial charge in [-0.25, -0.2) is 0 Å². The number of rotatable bonds is 3. The van der Waals surface area contributed by atoms with Gasteiger partial charge in [0.15, 0.2) is 0 Å². The molecule has 0 spiro atoms. The van der Waals surface area contributed by atoms with Crippen molar-refractivity contribution < 1.29 is 0 Å². The van der Waals surface area contributed by atoms with Crippen LogP contribution in [0.15, 0.2) is 24.3 Å². The molecule has 0 aromatic heterocycles. The Morgan fingerprint density at radius 3 is 2.93 bits per heavy atom. The van der Waals surface area contributed by atoms with Gasteiger partial charge in [-0.15, -0.1) is 0 Å². The van der Waals surface area contributed by atoms with E-state index in [2.05, 4.69) is 43.4 Å². The maximum absolute atomic E-state index is 3.47. The van der Waals surface area contributed by atoms with Crippen LogP contribution in [0.5, 0.6) is 0 Å². The summed E-state index contributed by atoms with van der Waals surface area (Å²) in [5.74, 6) is 1.57. The molecule has 0 saturated carbocycles. The Kier molecular flexibility index (Phi) is 2.76. The third-order valence-corrected chi connectivity index (χ3v) is 3.03. The Hall–Kier alpha value is -0.980. The molecule has 1 heterocycles. The molecule has 0 amide bonds. The van der Waals surface area contributed by atoms with E-state index in [1.54, 1.807) is 0 Å². The van der Waals surface area contributed by atoms with E-state index in [4.69, 9.17) is 0 Å². The topological polar surface area (TPSA) is 12.0 Å². The molecule has 1 aliphatic heterocycles. The first-order valence-corrected chi connectivity index (χ1v) is 5.60. The first-order chi connectivity index (χ1) is 6.77. The van der Waals surface area contributed by atoms with Crippen molar-refractivity contribution >= 4 is 5.69 Å². The molecule has 0 aliphatic carbocycles. The molecule has 1 aromatic rings. The van der Waals surface area contributed by atoms with E-state index in [0.717, 1.165) is 18.4 Å². The van der Waals surface area contributed by atoms with E-state index in [1.807, 2.05) is 0 Å². The van der Waals surface area contributed by atoms with Crippen molar-refractivity contribution in [1.82, 2.24) is 0 Å². The minimum absolute atomic E-state index is 0.744. The highest BCUT2D eigenvalue weighted by Gasteiger charge is 2.20. The van der Waals surface area contributed by atoms with Crippen molar-refractivity contribution in [2.75, 3.05) is 11.9 Å². The highest BCUT2D eigenvalue weighted by Crippen LogP contribution is 2.34. The van der Waals surface area contributed by atoms with Crippen LogP contribution in [0.3, 0.4) is 0 Å². The van der Waals surface area contributed by atoms with Crippen molar-refractivity contribution in [3.63, 3.8) is 0 Å². The standard InChI is InChI=1S/C13H19N/c1-10(2)7-8-11-9-14-13-6-4-3-5-12(11)13/h3-6,10-11,14H,7-9H2,1-2H3. The van der Waals surface area contributed by atoms with Crippen LogP contribution in [0, 0.1) is 5.92 Å². The number of benzene rings is 1. The number of nitrogens with one attached hydrogen (secondary N) is 1. The fourth-order valence-electron chi connectivity index (χ4n) is 2.15. The summed E-state index contributed by atoms with van der Waals surface area (Å²) < 4.78 is 0. The third-order valence-electron chi connectivity index (χ3n) is 3.03. The molecule has 76 valence electrons. The molecule has 1 nitrogen and oxygen atoms in total. The van der Waals surface area contributed by atoms with Crippen LogP contribution < -0.4 is 5.32 Å². The zero-order valence-electron chi connectivity index (χ0n) is 9.09. The Morgan fingerprint density at radius 1 is 1.36 bits per heavy atom. The van der Waals surface area contributed by atoms with Gasteiger partial charge in [-0.2, -0.15) is 0 Å². The monoisotopic (exact) mass is 189 g/mol. The van der Waals surface area contributed by atoms with Crippen molar-refractivity contribution in [1.29, 1.82) is 0 Å². The summed E-state index contributed by atoms with van der Waals surface area (Å²) in [5, 5.41) is 3.47. The fraction of sp³-hybridized carbons (Fsp3) is 0.538. The highest BCUT2D eigenvalue weighted by atomic mass is 14.9. The summed E-state index contributed by atoms with van der Waals surface area (Å²) in [6, 6.07) is 8.70. The fourth-order valence-corrected chi connectivity index (χ4v) is 2.15. The lowest BCUT2D eigenvalue weighted by Gasteiger charge is -2.11. The van der Waals surface area contributed by atoms with E-state index < -0.39 is 0 Å². The summed E-state index contributed by atoms with van der Waals surface area (Å²) >= 11 is 0. The number of anilines is 1. The maximum Gasteiger partial charge on any atom is 0.0376 e. The molecule has 1 unspecified atom stereocenters. The first-order valence-electron chi connectivity index (χ1n) is 5.60. The van der Waals surface area contributed by atoms with E-state index in [0.29, 0.717) is 0 Å². The number of fused-ring (bicyclic) bond motifs is 1. The van der Waals surface area contributed by atoms with Gasteiger partial charge in [-0.1, -0.05) is 38.5 Å². The molecule has 1 atom stereocenters. The average molecular weight is 189 g/mol. The van der Waals surface area contributed by atoms with E-state index in [9.17, 15) is 0 Å². The van der Waals surface area contributed by atoms with Gasteiger partial charge in [0.2, 0.25) is 0 Å². The summed E-state index contributed by atoms with van der Waals surface area (Å²) in [6.07, 6.45) is 2.66. The lowest BCUT2D eigenvalue weighted by Crippen LogP contribution is -2.03. The molecule has 1 heteroatoms. The van der Waals surface area contributed by atoms with Crippen molar-refractivity contribution in [3.8, 4) is 0 Å². The van der Waals surface area contributed by atoms with Crippen molar-refractivity contribution in [3.05, 3.63) is 29.8 Å². The average Bonchev–Trinajstić information content (AvgIpc) is 2.58. The quantitative estimate of drug-likeness (QED) is 0.765. The molecular weight excluding hydrogens is 170 g/mol. The third kappa shape index (κ3) is 1.92. The van der Waals surface area contributed by atoms with Gasteiger partial charge in [-0.3, -0.25) is 0 Å². The lowest BCUT2D eigenvalue weighted by atomic mass is 9.93. The Labute approximate surface area is 86.5 Å². The SMILES string of the molecule is CC(C)CCC1CNc2ccccc21. The predicted molar refractivity (Wildman–Crippen MR) is 61.7 cm³/mol. The van der Waals surface area contributed by atoms with Crippen LogP contribution in [-0.4, -0.2) is 6.54 Å². The van der Waals surface area contributed by atoms with Gasteiger partial charge >= 0.3 is 0 Å². The number of hydrogen-bond donors (Lipinski definition) is 1. The van der Waals surface area contributed by atoms with Crippen LogP contribution in [0.2, 0.25) is 0 Å². The van der Waals surface area contributed by atoms with Gasteiger partial charge in [0.05, 0.1) is 0 Å². The summed E-state index contributed by atoms with van der Waals surface area (Å²) in [4.78, 5) is 0. The Balaban J connectivity index is 2.03. The van der Waals surface area contributed by atoms with Crippen molar-refractivity contribution in [2.24, 2.45) is 5.92 Å². The van der Waals surface area contributed by atoms with Crippen LogP contribution in [0.1, 0.15) is 38.2 Å². The highest BCUT2D eigenvalue weighted by molar-refractivity contribution is 5.57. The minimum atomic E-state index is 0.744. The summed E-state index contributed by atoms with van der Waals surface area (Å²) in [6.45, 7) is 5.73. The molecule has 1 aliphatic rings. The normalized spacial score (nSPS) is 19.5. The Morgan fingerprint density at radius 2 is 2.14 bits per heavy atom. The van der Waals surface area contributed by atoms with Gasteiger partial charge in [0.1, 0.15) is 0 Å². The van der Waals surface area contributed by atoms with Crippen LogP contribution >= 0.6 is 0 Å². The van der Waals surface area contributed by atoms with E-state index in [-0.39, 0.29) is 0 Å². The maximum atomic E-state index is 3.47. The number of para-hydroxylation sites is 1. The molecule has 0 bridgehead atoms. The molecule has 0 saturated heterocycles. The van der Waals surface area contributed by atoms with Crippen LogP contribution in [-0.2, 0) is 0 Å². The van der Waals surface area contributed by atoms with E-state index in [1.165, 1.54) is 24.1 Å². The largest absolute Gasteiger partial charge is 0.384 e. The lowest BCUT2D eigenvalue weighted by molar-refractivity contribution is 0.516. The van der Waals surface area contributed by atoms with E-state index >= 15 is 0 Å². The smallest absolute Gasteiger partial charge is 0.0376 e. The predicted octanol–water partition coefficient (Wildman–Crippen LogP) is 3.63. The summed E-state index contributed by atoms with van der Waals surface area (Å²) in [5.41, 5.74) is 2.87. The van der Waals surface area contributed by atoms with Crippen molar-refractivity contribution in [2.45, 2.75) is 32.6 Å².